The van der Waals surface area contributed by atoms with E-state index < -0.39 is 12.0 Å². The van der Waals surface area contributed by atoms with E-state index in [0.29, 0.717) is 5.95 Å². The van der Waals surface area contributed by atoms with Crippen molar-refractivity contribution in [2.45, 2.75) is 46.1 Å². The van der Waals surface area contributed by atoms with E-state index in [4.69, 9.17) is 5.11 Å². The number of carboxylic acids is 1. The van der Waals surface area contributed by atoms with Crippen molar-refractivity contribution in [1.82, 2.24) is 9.97 Å². The third-order valence-electron chi connectivity index (χ3n) is 2.64. The van der Waals surface area contributed by atoms with Crippen LogP contribution in [-0.2, 0) is 10.2 Å². The summed E-state index contributed by atoms with van der Waals surface area (Å²) >= 11 is 0. The van der Waals surface area contributed by atoms with Gasteiger partial charge in [0.1, 0.15) is 6.04 Å². The van der Waals surface area contributed by atoms with Gasteiger partial charge in [-0.1, -0.05) is 34.6 Å². The number of aromatic nitrogens is 2. The Morgan fingerprint density at radius 1 is 1.39 bits per heavy atom. The van der Waals surface area contributed by atoms with Gasteiger partial charge in [0.05, 0.1) is 5.69 Å². The highest BCUT2D eigenvalue weighted by molar-refractivity contribution is 5.76. The van der Waals surface area contributed by atoms with Gasteiger partial charge in [0.15, 0.2) is 0 Å². The van der Waals surface area contributed by atoms with Crippen molar-refractivity contribution in [3.63, 3.8) is 0 Å². The second-order valence-electron chi connectivity index (χ2n) is 5.72. The summed E-state index contributed by atoms with van der Waals surface area (Å²) in [7, 11) is 0. The number of carboxylic acid groups (broad SMARTS) is 1. The number of aliphatic carboxylic acids is 1. The predicted octanol–water partition coefficient (Wildman–Crippen LogP) is 2.30. The maximum Gasteiger partial charge on any atom is 0.326 e. The van der Waals surface area contributed by atoms with Crippen LogP contribution in [0.5, 0.6) is 0 Å². The lowest BCUT2D eigenvalue weighted by atomic mass is 9.92. The van der Waals surface area contributed by atoms with Crippen LogP contribution < -0.4 is 5.32 Å². The zero-order chi connectivity index (χ0) is 13.9. The number of nitrogens with zero attached hydrogens (tertiary/aromatic N) is 2. The molecule has 0 saturated heterocycles. The van der Waals surface area contributed by atoms with Crippen LogP contribution in [0.25, 0.3) is 0 Å². The second kappa shape index (κ2) is 5.33. The molecule has 1 rings (SSSR count). The lowest BCUT2D eigenvalue weighted by molar-refractivity contribution is -0.138. The number of anilines is 1. The first-order chi connectivity index (χ1) is 8.21. The molecule has 0 aliphatic heterocycles. The fraction of sp³-hybridized carbons (Fsp3) is 0.615. The Labute approximate surface area is 108 Å². The standard InChI is InChI=1S/C13H21N3O2/c1-8(2)10(11(17)18)16-12-14-7-6-9(15-12)13(3,4)5/h6-8,10H,1-5H3,(H,17,18)(H,14,15,16)/t10-/m0/s1. The molecule has 0 unspecified atom stereocenters. The van der Waals surface area contributed by atoms with Gasteiger partial charge in [-0.15, -0.1) is 0 Å². The molecule has 0 bridgehead atoms. The van der Waals surface area contributed by atoms with Gasteiger partial charge in [0, 0.05) is 11.6 Å². The number of rotatable bonds is 4. The van der Waals surface area contributed by atoms with Crippen LogP contribution in [0.3, 0.4) is 0 Å². The van der Waals surface area contributed by atoms with Crippen molar-refractivity contribution in [3.8, 4) is 0 Å². The molecule has 0 spiro atoms. The largest absolute Gasteiger partial charge is 0.480 e. The minimum Gasteiger partial charge on any atom is -0.480 e. The molecule has 18 heavy (non-hydrogen) atoms. The number of carbonyl (C=O) groups is 1. The van der Waals surface area contributed by atoms with Gasteiger partial charge in [-0.05, 0) is 12.0 Å². The van der Waals surface area contributed by atoms with Crippen LogP contribution in [0.1, 0.15) is 40.3 Å². The minimum atomic E-state index is -0.894. The van der Waals surface area contributed by atoms with Crippen LogP contribution in [0.15, 0.2) is 12.3 Å². The molecule has 1 heterocycles. The van der Waals surface area contributed by atoms with Crippen molar-refractivity contribution in [2.24, 2.45) is 5.92 Å². The monoisotopic (exact) mass is 251 g/mol. The minimum absolute atomic E-state index is 0.0376. The Morgan fingerprint density at radius 2 is 2.00 bits per heavy atom. The molecule has 0 saturated carbocycles. The zero-order valence-corrected chi connectivity index (χ0v) is 11.6. The van der Waals surface area contributed by atoms with Gasteiger partial charge in [-0.2, -0.15) is 0 Å². The van der Waals surface area contributed by atoms with Crippen LogP contribution in [0, 0.1) is 5.92 Å². The molecule has 1 atom stereocenters. The van der Waals surface area contributed by atoms with Crippen LogP contribution in [0.2, 0.25) is 0 Å². The Morgan fingerprint density at radius 3 is 2.44 bits per heavy atom. The molecule has 1 aromatic rings. The highest BCUT2D eigenvalue weighted by atomic mass is 16.4. The maximum atomic E-state index is 11.1. The molecule has 0 amide bonds. The topological polar surface area (TPSA) is 75.1 Å². The summed E-state index contributed by atoms with van der Waals surface area (Å²) < 4.78 is 0. The molecule has 1 aromatic heterocycles. The summed E-state index contributed by atoms with van der Waals surface area (Å²) in [5.74, 6) is -0.567. The third-order valence-corrected chi connectivity index (χ3v) is 2.64. The smallest absolute Gasteiger partial charge is 0.326 e. The molecular formula is C13H21N3O2. The van der Waals surface area contributed by atoms with Crippen LogP contribution in [-0.4, -0.2) is 27.1 Å². The van der Waals surface area contributed by atoms with E-state index in [1.165, 1.54) is 0 Å². The molecular weight excluding hydrogens is 230 g/mol. The first kappa shape index (κ1) is 14.4. The van der Waals surface area contributed by atoms with Crippen molar-refractivity contribution in [2.75, 3.05) is 5.32 Å². The average Bonchev–Trinajstić information content (AvgIpc) is 2.24. The summed E-state index contributed by atoms with van der Waals surface area (Å²) in [6, 6.07) is 1.16. The Bertz CT molecular complexity index is 424. The Balaban J connectivity index is 2.94. The zero-order valence-electron chi connectivity index (χ0n) is 11.6. The lowest BCUT2D eigenvalue weighted by Crippen LogP contribution is -2.35. The van der Waals surface area contributed by atoms with E-state index in [-0.39, 0.29) is 11.3 Å². The molecule has 2 N–H and O–H groups in total. The van der Waals surface area contributed by atoms with Gasteiger partial charge in [0.25, 0.3) is 0 Å². The van der Waals surface area contributed by atoms with E-state index in [1.807, 2.05) is 19.9 Å². The van der Waals surface area contributed by atoms with Gasteiger partial charge in [0.2, 0.25) is 5.95 Å². The summed E-state index contributed by atoms with van der Waals surface area (Å²) in [4.78, 5) is 19.5. The quantitative estimate of drug-likeness (QED) is 0.858. The average molecular weight is 251 g/mol. The maximum absolute atomic E-state index is 11.1. The Kier molecular flexibility index (Phi) is 4.27. The molecule has 5 heteroatoms. The normalized spacial score (nSPS) is 13.4. The number of hydrogen-bond acceptors (Lipinski definition) is 4. The van der Waals surface area contributed by atoms with E-state index in [2.05, 4.69) is 36.1 Å². The fourth-order valence-corrected chi connectivity index (χ4v) is 1.50. The first-order valence-corrected chi connectivity index (χ1v) is 6.04. The van der Waals surface area contributed by atoms with Gasteiger partial charge < -0.3 is 10.4 Å². The fourth-order valence-electron chi connectivity index (χ4n) is 1.50. The lowest BCUT2D eigenvalue weighted by Gasteiger charge is -2.21. The molecule has 0 aromatic carbocycles. The SMILES string of the molecule is CC(C)[C@H](Nc1nccc(C(C)(C)C)n1)C(=O)O. The van der Waals surface area contributed by atoms with Gasteiger partial charge >= 0.3 is 5.97 Å². The molecule has 0 radical (unpaired) electrons. The summed E-state index contributed by atoms with van der Waals surface area (Å²) in [5, 5.41) is 12.0. The van der Waals surface area contributed by atoms with Gasteiger partial charge in [-0.3, -0.25) is 0 Å². The molecule has 100 valence electrons. The molecule has 0 fully saturated rings. The summed E-state index contributed by atoms with van der Waals surface area (Å²) in [5.41, 5.74) is 0.795. The van der Waals surface area contributed by atoms with E-state index >= 15 is 0 Å². The van der Waals surface area contributed by atoms with E-state index in [9.17, 15) is 4.79 Å². The second-order valence-corrected chi connectivity index (χ2v) is 5.72. The Hall–Kier alpha value is -1.65. The van der Waals surface area contributed by atoms with Crippen molar-refractivity contribution < 1.29 is 9.90 Å². The molecule has 0 aliphatic rings. The first-order valence-electron chi connectivity index (χ1n) is 6.04. The third kappa shape index (κ3) is 3.68. The summed E-state index contributed by atoms with van der Waals surface area (Å²) in [6.07, 6.45) is 1.65. The van der Waals surface area contributed by atoms with Crippen LogP contribution >= 0.6 is 0 Å². The summed E-state index contributed by atoms with van der Waals surface area (Å²) in [6.45, 7) is 9.85. The number of nitrogens with one attached hydrogen (secondary N) is 1. The van der Waals surface area contributed by atoms with Crippen molar-refractivity contribution in [1.29, 1.82) is 0 Å². The molecule has 5 nitrogen and oxygen atoms in total. The predicted molar refractivity (Wildman–Crippen MR) is 70.6 cm³/mol. The highest BCUT2D eigenvalue weighted by Crippen LogP contribution is 2.20. The van der Waals surface area contributed by atoms with Gasteiger partial charge in [-0.25, -0.2) is 14.8 Å². The van der Waals surface area contributed by atoms with E-state index in [1.54, 1.807) is 6.20 Å². The number of hydrogen-bond donors (Lipinski definition) is 2. The van der Waals surface area contributed by atoms with Crippen molar-refractivity contribution >= 4 is 11.9 Å². The highest BCUT2D eigenvalue weighted by Gasteiger charge is 2.23. The van der Waals surface area contributed by atoms with Crippen LogP contribution in [0.4, 0.5) is 5.95 Å². The van der Waals surface area contributed by atoms with E-state index in [0.717, 1.165) is 5.69 Å². The van der Waals surface area contributed by atoms with Crippen molar-refractivity contribution in [3.05, 3.63) is 18.0 Å². The molecule has 0 aliphatic carbocycles.